The average Bonchev–Trinajstić information content (AvgIpc) is 2.47. The Morgan fingerprint density at radius 3 is 2.55 bits per heavy atom. The highest BCUT2D eigenvalue weighted by atomic mass is 19.1. The molecule has 0 aliphatic rings. The van der Waals surface area contributed by atoms with Crippen molar-refractivity contribution in [3.63, 3.8) is 0 Å². The van der Waals surface area contributed by atoms with Gasteiger partial charge >= 0.3 is 0 Å². The summed E-state index contributed by atoms with van der Waals surface area (Å²) in [6.45, 7) is 3.72. The van der Waals surface area contributed by atoms with E-state index in [4.69, 9.17) is 6.42 Å². The molecule has 0 fully saturated rings. The van der Waals surface area contributed by atoms with Gasteiger partial charge in [0.2, 0.25) is 0 Å². The molecule has 2 rings (SSSR count). The summed E-state index contributed by atoms with van der Waals surface area (Å²) in [6, 6.07) is 12.3. The average molecular weight is 268 g/mol. The van der Waals surface area contributed by atoms with Crippen LogP contribution in [0.2, 0.25) is 0 Å². The van der Waals surface area contributed by atoms with E-state index in [1.54, 1.807) is 12.1 Å². The molecule has 0 saturated heterocycles. The van der Waals surface area contributed by atoms with Crippen molar-refractivity contribution in [2.24, 2.45) is 0 Å². The molecule has 0 unspecified atom stereocenters. The molecule has 0 bridgehead atoms. The molecule has 0 heterocycles. The Morgan fingerprint density at radius 1 is 1.20 bits per heavy atom. The van der Waals surface area contributed by atoms with Gasteiger partial charge < -0.3 is 5.11 Å². The minimum absolute atomic E-state index is 0.0294. The van der Waals surface area contributed by atoms with Gasteiger partial charge in [-0.2, -0.15) is 0 Å². The van der Waals surface area contributed by atoms with E-state index in [2.05, 4.69) is 5.92 Å². The molecule has 0 saturated carbocycles. The molecular weight excluding hydrogens is 251 g/mol. The number of halogens is 1. The van der Waals surface area contributed by atoms with Crippen LogP contribution in [-0.4, -0.2) is 11.7 Å². The van der Waals surface area contributed by atoms with Gasteiger partial charge in [0.15, 0.2) is 0 Å². The zero-order chi connectivity index (χ0) is 14.8. The van der Waals surface area contributed by atoms with Gasteiger partial charge in [-0.1, -0.05) is 44.0 Å². The van der Waals surface area contributed by atoms with Crippen LogP contribution in [0.3, 0.4) is 0 Å². The van der Waals surface area contributed by atoms with Gasteiger partial charge in [0, 0.05) is 16.5 Å². The Morgan fingerprint density at radius 2 is 1.95 bits per heavy atom. The van der Waals surface area contributed by atoms with Gasteiger partial charge in [0.25, 0.3) is 0 Å². The summed E-state index contributed by atoms with van der Waals surface area (Å²) in [5.41, 5.74) is 2.31. The van der Waals surface area contributed by atoms with Gasteiger partial charge in [0.05, 0.1) is 6.61 Å². The van der Waals surface area contributed by atoms with E-state index in [9.17, 15) is 9.50 Å². The summed E-state index contributed by atoms with van der Waals surface area (Å²) < 4.78 is 14.3. The molecule has 2 aromatic rings. The van der Waals surface area contributed by atoms with E-state index in [1.165, 1.54) is 6.07 Å². The van der Waals surface area contributed by atoms with E-state index in [0.29, 0.717) is 5.56 Å². The topological polar surface area (TPSA) is 20.2 Å². The standard InChI is InChI=1S/C18H17FO/c1-4-13-6-5-7-14(10-13)16-9-8-15(11-17(16)19)18(2,3)12-20/h1,5-11,20H,12H2,2-3H3. The maximum absolute atomic E-state index is 14.3. The summed E-state index contributed by atoms with van der Waals surface area (Å²) in [7, 11) is 0. The van der Waals surface area contributed by atoms with Crippen LogP contribution >= 0.6 is 0 Å². The second-order valence-electron chi connectivity index (χ2n) is 5.46. The molecule has 2 aromatic carbocycles. The lowest BCUT2D eigenvalue weighted by Crippen LogP contribution is -2.22. The molecule has 0 aromatic heterocycles. The van der Waals surface area contributed by atoms with Gasteiger partial charge in [-0.3, -0.25) is 0 Å². The Labute approximate surface area is 119 Å². The molecule has 0 atom stereocenters. The van der Waals surface area contributed by atoms with E-state index in [-0.39, 0.29) is 12.4 Å². The van der Waals surface area contributed by atoms with E-state index in [0.717, 1.165) is 16.7 Å². The lowest BCUT2D eigenvalue weighted by atomic mass is 9.84. The number of benzene rings is 2. The van der Waals surface area contributed by atoms with Crippen molar-refractivity contribution >= 4 is 0 Å². The molecule has 0 aliphatic heterocycles. The monoisotopic (exact) mass is 268 g/mol. The third-order valence-corrected chi connectivity index (χ3v) is 3.49. The van der Waals surface area contributed by atoms with E-state index in [1.807, 2.05) is 38.1 Å². The number of hydrogen-bond donors (Lipinski definition) is 1. The second-order valence-corrected chi connectivity index (χ2v) is 5.46. The molecule has 0 aliphatic carbocycles. The van der Waals surface area contributed by atoms with Crippen LogP contribution in [0.1, 0.15) is 25.0 Å². The maximum Gasteiger partial charge on any atom is 0.131 e. The number of rotatable bonds is 3. The first-order valence-corrected chi connectivity index (χ1v) is 6.46. The predicted molar refractivity (Wildman–Crippen MR) is 79.9 cm³/mol. The zero-order valence-corrected chi connectivity index (χ0v) is 11.7. The highest BCUT2D eigenvalue weighted by Crippen LogP contribution is 2.29. The van der Waals surface area contributed by atoms with Gasteiger partial charge in [0.1, 0.15) is 5.82 Å². The first kappa shape index (κ1) is 14.3. The quantitative estimate of drug-likeness (QED) is 0.841. The Hall–Kier alpha value is -2.11. The fourth-order valence-corrected chi connectivity index (χ4v) is 2.04. The first-order chi connectivity index (χ1) is 9.47. The lowest BCUT2D eigenvalue weighted by Gasteiger charge is -2.22. The Balaban J connectivity index is 2.47. The largest absolute Gasteiger partial charge is 0.395 e. The third-order valence-electron chi connectivity index (χ3n) is 3.49. The van der Waals surface area contributed by atoms with Crippen LogP contribution in [0.5, 0.6) is 0 Å². The first-order valence-electron chi connectivity index (χ1n) is 6.46. The number of hydrogen-bond acceptors (Lipinski definition) is 1. The Kier molecular flexibility index (Phi) is 3.92. The molecule has 0 spiro atoms. The summed E-state index contributed by atoms with van der Waals surface area (Å²) in [5.74, 6) is 2.24. The van der Waals surface area contributed by atoms with Crippen LogP contribution in [-0.2, 0) is 5.41 Å². The normalized spacial score (nSPS) is 11.2. The van der Waals surface area contributed by atoms with Crippen molar-refractivity contribution in [1.82, 2.24) is 0 Å². The van der Waals surface area contributed by atoms with Crippen molar-refractivity contribution in [2.75, 3.05) is 6.61 Å². The predicted octanol–water partition coefficient (Wildman–Crippen LogP) is 3.74. The minimum Gasteiger partial charge on any atom is -0.395 e. The third kappa shape index (κ3) is 2.74. The molecular formula is C18H17FO. The van der Waals surface area contributed by atoms with Gasteiger partial charge in [-0.15, -0.1) is 6.42 Å². The van der Waals surface area contributed by atoms with Crippen molar-refractivity contribution in [2.45, 2.75) is 19.3 Å². The van der Waals surface area contributed by atoms with Crippen LogP contribution in [0.25, 0.3) is 11.1 Å². The van der Waals surface area contributed by atoms with Crippen molar-refractivity contribution in [3.05, 3.63) is 59.4 Å². The smallest absolute Gasteiger partial charge is 0.131 e. The zero-order valence-electron chi connectivity index (χ0n) is 11.7. The summed E-state index contributed by atoms with van der Waals surface area (Å²) >= 11 is 0. The number of terminal acetylenes is 1. The lowest BCUT2D eigenvalue weighted by molar-refractivity contribution is 0.218. The van der Waals surface area contributed by atoms with Crippen molar-refractivity contribution in [3.8, 4) is 23.5 Å². The van der Waals surface area contributed by atoms with E-state index >= 15 is 0 Å². The van der Waals surface area contributed by atoms with Crippen LogP contribution < -0.4 is 0 Å². The molecule has 0 amide bonds. The number of aliphatic hydroxyl groups excluding tert-OH is 1. The van der Waals surface area contributed by atoms with Crippen molar-refractivity contribution < 1.29 is 9.50 Å². The van der Waals surface area contributed by atoms with Crippen LogP contribution in [0.4, 0.5) is 4.39 Å². The molecule has 0 radical (unpaired) electrons. The second kappa shape index (κ2) is 5.48. The highest BCUT2D eigenvalue weighted by Gasteiger charge is 2.20. The van der Waals surface area contributed by atoms with E-state index < -0.39 is 5.41 Å². The van der Waals surface area contributed by atoms with Crippen LogP contribution in [0.15, 0.2) is 42.5 Å². The summed E-state index contributed by atoms with van der Waals surface area (Å²) in [5, 5.41) is 9.35. The Bertz CT molecular complexity index is 665. The maximum atomic E-state index is 14.3. The molecule has 102 valence electrons. The SMILES string of the molecule is C#Cc1cccc(-c2ccc(C(C)(C)CO)cc2F)c1. The molecule has 20 heavy (non-hydrogen) atoms. The van der Waals surface area contributed by atoms with Gasteiger partial charge in [-0.25, -0.2) is 4.39 Å². The number of aliphatic hydroxyl groups is 1. The highest BCUT2D eigenvalue weighted by molar-refractivity contribution is 5.66. The minimum atomic E-state index is -0.458. The summed E-state index contributed by atoms with van der Waals surface area (Å²) in [4.78, 5) is 0. The molecule has 2 heteroatoms. The summed E-state index contributed by atoms with van der Waals surface area (Å²) in [6.07, 6.45) is 5.36. The van der Waals surface area contributed by atoms with Crippen molar-refractivity contribution in [1.29, 1.82) is 0 Å². The molecule has 1 nitrogen and oxygen atoms in total. The van der Waals surface area contributed by atoms with Gasteiger partial charge in [-0.05, 0) is 29.3 Å². The fourth-order valence-electron chi connectivity index (χ4n) is 2.04. The fraction of sp³-hybridized carbons (Fsp3) is 0.222. The van der Waals surface area contributed by atoms with Crippen LogP contribution in [0, 0.1) is 18.2 Å². The molecule has 1 N–H and O–H groups in total.